The lowest BCUT2D eigenvalue weighted by molar-refractivity contribution is 0.0954. The van der Waals surface area contributed by atoms with Crippen LogP contribution in [0.2, 0.25) is 0 Å². The number of rotatable bonds is 6. The van der Waals surface area contributed by atoms with Crippen LogP contribution in [0.15, 0.2) is 71.8 Å². The minimum absolute atomic E-state index is 0.00490. The number of hydrogen-bond donors (Lipinski definition) is 3. The molecule has 0 aliphatic rings. The molecule has 0 aromatic heterocycles. The maximum atomic E-state index is 12.9. The van der Waals surface area contributed by atoms with E-state index in [2.05, 4.69) is 15.8 Å². The van der Waals surface area contributed by atoms with E-state index in [1.165, 1.54) is 55.8 Å². The van der Waals surface area contributed by atoms with Crippen LogP contribution in [0, 0.1) is 5.82 Å². The first-order valence-corrected chi connectivity index (χ1v) is 8.83. The fourth-order valence-electron chi connectivity index (χ4n) is 2.51. The van der Waals surface area contributed by atoms with Crippen molar-refractivity contribution >= 4 is 23.7 Å². The van der Waals surface area contributed by atoms with Gasteiger partial charge in [0.15, 0.2) is 11.5 Å². The number of amides is 2. The van der Waals surface area contributed by atoms with Gasteiger partial charge in [-0.2, -0.15) is 5.10 Å². The van der Waals surface area contributed by atoms with Crippen molar-refractivity contribution in [2.45, 2.75) is 0 Å². The highest BCUT2D eigenvalue weighted by atomic mass is 19.1. The molecule has 3 rings (SSSR count). The first-order valence-electron chi connectivity index (χ1n) is 8.83. The Kier molecular flexibility index (Phi) is 6.39. The molecule has 3 aromatic carbocycles. The predicted molar refractivity (Wildman–Crippen MR) is 111 cm³/mol. The molecule has 0 spiro atoms. The van der Waals surface area contributed by atoms with Gasteiger partial charge in [-0.15, -0.1) is 0 Å². The predicted octanol–water partition coefficient (Wildman–Crippen LogP) is 3.56. The summed E-state index contributed by atoms with van der Waals surface area (Å²) < 4.78 is 17.9. The summed E-state index contributed by atoms with van der Waals surface area (Å²) in [4.78, 5) is 24.3. The summed E-state index contributed by atoms with van der Waals surface area (Å²) in [6.45, 7) is 0. The van der Waals surface area contributed by atoms with Crippen LogP contribution in [0.1, 0.15) is 26.3 Å². The minimum atomic E-state index is -0.437. The van der Waals surface area contributed by atoms with E-state index in [-0.39, 0.29) is 11.7 Å². The maximum Gasteiger partial charge on any atom is 0.271 e. The first kappa shape index (κ1) is 20.5. The van der Waals surface area contributed by atoms with Crippen LogP contribution in [0.4, 0.5) is 10.1 Å². The standard InChI is InChI=1S/C22H18FN3O4/c1-30-20-12-14(2-11-19(20)27)13-24-26-22(29)16-5-9-18(10-6-16)25-21(28)15-3-7-17(23)8-4-15/h2-13,27H,1H3,(H,25,28)(H,26,29)/b24-13-. The summed E-state index contributed by atoms with van der Waals surface area (Å²) in [6, 6.07) is 16.0. The largest absolute Gasteiger partial charge is 0.504 e. The van der Waals surface area contributed by atoms with E-state index in [9.17, 15) is 19.1 Å². The third-order valence-electron chi connectivity index (χ3n) is 4.09. The number of ether oxygens (including phenoxy) is 1. The number of methoxy groups -OCH3 is 1. The molecule has 0 heterocycles. The highest BCUT2D eigenvalue weighted by molar-refractivity contribution is 6.04. The van der Waals surface area contributed by atoms with Crippen molar-refractivity contribution in [2.24, 2.45) is 5.10 Å². The Morgan fingerprint density at radius 2 is 1.60 bits per heavy atom. The van der Waals surface area contributed by atoms with E-state index in [1.807, 2.05) is 0 Å². The Morgan fingerprint density at radius 3 is 2.27 bits per heavy atom. The van der Waals surface area contributed by atoms with Gasteiger partial charge in [0.1, 0.15) is 5.82 Å². The first-order chi connectivity index (χ1) is 14.5. The highest BCUT2D eigenvalue weighted by Gasteiger charge is 2.08. The summed E-state index contributed by atoms with van der Waals surface area (Å²) in [5, 5.41) is 16.1. The second-order valence-corrected chi connectivity index (χ2v) is 6.17. The Bertz CT molecular complexity index is 1080. The summed E-state index contributed by atoms with van der Waals surface area (Å²) in [6.07, 6.45) is 1.41. The lowest BCUT2D eigenvalue weighted by atomic mass is 10.1. The molecule has 7 nitrogen and oxygen atoms in total. The number of halogens is 1. The zero-order valence-corrected chi connectivity index (χ0v) is 15.9. The molecule has 2 amide bonds. The number of phenols is 1. The number of hydrazone groups is 1. The molecule has 30 heavy (non-hydrogen) atoms. The van der Waals surface area contributed by atoms with Crippen molar-refractivity contribution in [1.29, 1.82) is 0 Å². The molecule has 3 N–H and O–H groups in total. The Morgan fingerprint density at radius 1 is 0.967 bits per heavy atom. The number of carbonyl (C=O) groups excluding carboxylic acids is 2. The summed E-state index contributed by atoms with van der Waals surface area (Å²) in [7, 11) is 1.43. The van der Waals surface area contributed by atoms with Gasteiger partial charge in [-0.25, -0.2) is 9.82 Å². The van der Waals surface area contributed by atoms with Gasteiger partial charge < -0.3 is 15.2 Å². The van der Waals surface area contributed by atoms with Gasteiger partial charge in [-0.05, 0) is 72.3 Å². The summed E-state index contributed by atoms with van der Waals surface area (Å²) in [5.74, 6) is -0.947. The van der Waals surface area contributed by atoms with Crippen LogP contribution in [0.5, 0.6) is 11.5 Å². The minimum Gasteiger partial charge on any atom is -0.504 e. The number of nitrogens with one attached hydrogen (secondary N) is 2. The molecule has 0 saturated heterocycles. The van der Waals surface area contributed by atoms with Crippen molar-refractivity contribution in [1.82, 2.24) is 5.43 Å². The van der Waals surface area contributed by atoms with Crippen LogP contribution in [0.3, 0.4) is 0 Å². The van der Waals surface area contributed by atoms with Crippen LogP contribution in [-0.2, 0) is 0 Å². The number of hydrogen-bond acceptors (Lipinski definition) is 5. The number of carbonyl (C=O) groups is 2. The molecule has 0 bridgehead atoms. The van der Waals surface area contributed by atoms with Crippen LogP contribution in [-0.4, -0.2) is 30.2 Å². The van der Waals surface area contributed by atoms with Crippen molar-refractivity contribution in [3.63, 3.8) is 0 Å². The number of nitrogens with zero attached hydrogens (tertiary/aromatic N) is 1. The normalized spacial score (nSPS) is 10.6. The van der Waals surface area contributed by atoms with Gasteiger partial charge in [0.25, 0.3) is 11.8 Å². The Labute approximate surface area is 171 Å². The quantitative estimate of drug-likeness (QED) is 0.430. The number of phenolic OH excluding ortho intramolecular Hbond substituents is 1. The van der Waals surface area contributed by atoms with Gasteiger partial charge in [0, 0.05) is 16.8 Å². The van der Waals surface area contributed by atoms with Crippen LogP contribution in [0.25, 0.3) is 0 Å². The molecule has 3 aromatic rings. The molecule has 0 fully saturated rings. The van der Waals surface area contributed by atoms with Crippen molar-refractivity contribution < 1.29 is 23.8 Å². The molecule has 0 saturated carbocycles. The molecule has 0 radical (unpaired) electrons. The molecule has 0 unspecified atom stereocenters. The van der Waals surface area contributed by atoms with Crippen molar-refractivity contribution in [3.8, 4) is 11.5 Å². The lowest BCUT2D eigenvalue weighted by Gasteiger charge is -2.06. The van der Waals surface area contributed by atoms with Gasteiger partial charge in [-0.1, -0.05) is 0 Å². The number of aromatic hydroxyl groups is 1. The SMILES string of the molecule is COc1cc(/C=N\NC(=O)c2ccc(NC(=O)c3ccc(F)cc3)cc2)ccc1O. The summed E-state index contributed by atoms with van der Waals surface area (Å²) >= 11 is 0. The molecule has 8 heteroatoms. The second-order valence-electron chi connectivity index (χ2n) is 6.17. The van der Waals surface area contributed by atoms with E-state index in [0.29, 0.717) is 28.1 Å². The second kappa shape index (κ2) is 9.33. The van der Waals surface area contributed by atoms with Crippen molar-refractivity contribution in [3.05, 3.63) is 89.2 Å². The maximum absolute atomic E-state index is 12.9. The van der Waals surface area contributed by atoms with E-state index < -0.39 is 11.7 Å². The summed E-state index contributed by atoms with van der Waals surface area (Å²) in [5.41, 5.74) is 4.17. The molecule has 0 aliphatic carbocycles. The molecular weight excluding hydrogens is 389 g/mol. The average Bonchev–Trinajstić information content (AvgIpc) is 2.75. The van der Waals surface area contributed by atoms with Crippen LogP contribution >= 0.6 is 0 Å². The monoisotopic (exact) mass is 407 g/mol. The average molecular weight is 407 g/mol. The van der Waals surface area contributed by atoms with E-state index >= 15 is 0 Å². The van der Waals surface area contributed by atoms with Crippen LogP contribution < -0.4 is 15.5 Å². The zero-order chi connectivity index (χ0) is 21.5. The number of anilines is 1. The van der Waals surface area contributed by atoms with E-state index in [0.717, 1.165) is 0 Å². The third kappa shape index (κ3) is 5.20. The Hall–Kier alpha value is -4.20. The third-order valence-corrected chi connectivity index (χ3v) is 4.09. The molecule has 0 aliphatic heterocycles. The van der Waals surface area contributed by atoms with E-state index in [4.69, 9.17) is 4.74 Å². The molecular formula is C22H18FN3O4. The van der Waals surface area contributed by atoms with Gasteiger partial charge in [0.2, 0.25) is 0 Å². The fraction of sp³-hybridized carbons (Fsp3) is 0.0455. The highest BCUT2D eigenvalue weighted by Crippen LogP contribution is 2.25. The van der Waals surface area contributed by atoms with Gasteiger partial charge >= 0.3 is 0 Å². The molecule has 152 valence electrons. The Balaban J connectivity index is 1.58. The van der Waals surface area contributed by atoms with E-state index in [1.54, 1.807) is 24.3 Å². The smallest absolute Gasteiger partial charge is 0.271 e. The van der Waals surface area contributed by atoms with Gasteiger partial charge in [0.05, 0.1) is 13.3 Å². The topological polar surface area (TPSA) is 100 Å². The molecule has 0 atom stereocenters. The van der Waals surface area contributed by atoms with Crippen molar-refractivity contribution in [2.75, 3.05) is 12.4 Å². The fourth-order valence-corrected chi connectivity index (χ4v) is 2.51. The lowest BCUT2D eigenvalue weighted by Crippen LogP contribution is -2.17. The number of benzene rings is 3. The van der Waals surface area contributed by atoms with Gasteiger partial charge in [-0.3, -0.25) is 9.59 Å². The zero-order valence-electron chi connectivity index (χ0n) is 15.9.